The molecular formula is C14H30N2S. The van der Waals surface area contributed by atoms with Crippen molar-refractivity contribution < 1.29 is 0 Å². The molecule has 1 aliphatic heterocycles. The summed E-state index contributed by atoms with van der Waals surface area (Å²) in [6.45, 7) is 7.91. The summed E-state index contributed by atoms with van der Waals surface area (Å²) in [4.78, 5) is 2.72. The molecule has 0 bridgehead atoms. The maximum absolute atomic E-state index is 6.13. The molecule has 0 radical (unpaired) electrons. The van der Waals surface area contributed by atoms with E-state index in [2.05, 4.69) is 30.5 Å². The molecule has 0 aromatic heterocycles. The highest BCUT2D eigenvalue weighted by molar-refractivity contribution is 7.99. The third kappa shape index (κ3) is 4.46. The van der Waals surface area contributed by atoms with E-state index >= 15 is 0 Å². The molecule has 0 spiro atoms. The Hall–Kier alpha value is 0.270. The Bertz CT molecular complexity index is 183. The van der Waals surface area contributed by atoms with E-state index in [9.17, 15) is 0 Å². The molecular weight excluding hydrogens is 228 g/mol. The van der Waals surface area contributed by atoms with Crippen molar-refractivity contribution in [2.45, 2.75) is 57.9 Å². The molecule has 2 N–H and O–H groups in total. The van der Waals surface area contributed by atoms with Gasteiger partial charge >= 0.3 is 0 Å². The minimum atomic E-state index is 0.329. The summed E-state index contributed by atoms with van der Waals surface area (Å²) in [6, 6.07) is 0. The Morgan fingerprint density at radius 2 is 1.59 bits per heavy atom. The van der Waals surface area contributed by atoms with E-state index in [1.807, 2.05) is 0 Å². The summed E-state index contributed by atoms with van der Waals surface area (Å²) in [5.74, 6) is 2.60. The smallest absolute Gasteiger partial charge is 0.0347 e. The van der Waals surface area contributed by atoms with Crippen LogP contribution < -0.4 is 5.73 Å². The first-order chi connectivity index (χ1) is 8.29. The molecule has 0 atom stereocenters. The van der Waals surface area contributed by atoms with Crippen molar-refractivity contribution in [3.05, 3.63) is 0 Å². The van der Waals surface area contributed by atoms with Crippen LogP contribution in [0, 0.1) is 0 Å². The van der Waals surface area contributed by atoms with Gasteiger partial charge in [-0.05, 0) is 50.3 Å². The Labute approximate surface area is 112 Å². The molecule has 0 amide bonds. The Balaban J connectivity index is 2.61. The predicted molar refractivity (Wildman–Crippen MR) is 79.7 cm³/mol. The van der Waals surface area contributed by atoms with Crippen molar-refractivity contribution >= 4 is 11.8 Å². The topological polar surface area (TPSA) is 29.3 Å². The van der Waals surface area contributed by atoms with Gasteiger partial charge in [0, 0.05) is 12.1 Å². The van der Waals surface area contributed by atoms with Crippen LogP contribution in [0.4, 0.5) is 0 Å². The fourth-order valence-corrected chi connectivity index (χ4v) is 3.94. The Morgan fingerprint density at radius 3 is 2.00 bits per heavy atom. The van der Waals surface area contributed by atoms with Gasteiger partial charge < -0.3 is 5.73 Å². The van der Waals surface area contributed by atoms with Gasteiger partial charge in [-0.3, -0.25) is 4.90 Å². The lowest BCUT2D eigenvalue weighted by atomic mass is 9.89. The van der Waals surface area contributed by atoms with Gasteiger partial charge in [0.15, 0.2) is 0 Å². The van der Waals surface area contributed by atoms with Crippen LogP contribution in [0.15, 0.2) is 0 Å². The molecule has 0 unspecified atom stereocenters. The van der Waals surface area contributed by atoms with Crippen LogP contribution in [0.5, 0.6) is 0 Å². The zero-order valence-electron chi connectivity index (χ0n) is 11.7. The second kappa shape index (κ2) is 8.39. The molecule has 0 aliphatic carbocycles. The molecule has 2 nitrogen and oxygen atoms in total. The van der Waals surface area contributed by atoms with Gasteiger partial charge in [-0.1, -0.05) is 26.7 Å². The average Bonchev–Trinajstić information content (AvgIpc) is 2.39. The quantitative estimate of drug-likeness (QED) is 0.725. The van der Waals surface area contributed by atoms with Crippen molar-refractivity contribution in [3.8, 4) is 0 Å². The third-order valence-electron chi connectivity index (χ3n) is 4.04. The average molecular weight is 258 g/mol. The van der Waals surface area contributed by atoms with Crippen molar-refractivity contribution in [1.29, 1.82) is 0 Å². The second-order valence-electron chi connectivity index (χ2n) is 5.23. The van der Waals surface area contributed by atoms with Crippen molar-refractivity contribution in [2.75, 3.05) is 31.1 Å². The van der Waals surface area contributed by atoms with Gasteiger partial charge in [-0.2, -0.15) is 11.8 Å². The molecule has 17 heavy (non-hydrogen) atoms. The van der Waals surface area contributed by atoms with Gasteiger partial charge in [0.25, 0.3) is 0 Å². The van der Waals surface area contributed by atoms with Crippen LogP contribution in [0.1, 0.15) is 52.4 Å². The van der Waals surface area contributed by atoms with Crippen LogP contribution in [0.3, 0.4) is 0 Å². The van der Waals surface area contributed by atoms with Gasteiger partial charge in [0.05, 0.1) is 0 Å². The van der Waals surface area contributed by atoms with Crippen LogP contribution >= 0.6 is 11.8 Å². The van der Waals surface area contributed by atoms with Crippen LogP contribution in [0.25, 0.3) is 0 Å². The van der Waals surface area contributed by atoms with Crippen LogP contribution in [0.2, 0.25) is 0 Å². The lowest BCUT2D eigenvalue weighted by Crippen LogP contribution is -2.56. The van der Waals surface area contributed by atoms with E-state index in [0.717, 1.165) is 6.54 Å². The molecule has 1 heterocycles. The lowest BCUT2D eigenvalue weighted by molar-refractivity contribution is 0.0811. The molecule has 0 aromatic carbocycles. The van der Waals surface area contributed by atoms with E-state index < -0.39 is 0 Å². The number of rotatable bonds is 8. The third-order valence-corrected chi connectivity index (χ3v) is 5.02. The minimum Gasteiger partial charge on any atom is -0.329 e. The summed E-state index contributed by atoms with van der Waals surface area (Å²) < 4.78 is 0. The highest BCUT2D eigenvalue weighted by Crippen LogP contribution is 2.32. The lowest BCUT2D eigenvalue weighted by Gasteiger charge is -2.46. The maximum atomic E-state index is 6.13. The zero-order valence-corrected chi connectivity index (χ0v) is 12.5. The van der Waals surface area contributed by atoms with Crippen molar-refractivity contribution in [2.24, 2.45) is 5.73 Å². The number of nitrogens with zero attached hydrogens (tertiary/aromatic N) is 1. The van der Waals surface area contributed by atoms with Crippen LogP contribution in [-0.4, -0.2) is 41.6 Å². The van der Waals surface area contributed by atoms with E-state index in [4.69, 9.17) is 5.73 Å². The van der Waals surface area contributed by atoms with E-state index in [0.29, 0.717) is 5.54 Å². The maximum Gasteiger partial charge on any atom is 0.0347 e. The first kappa shape index (κ1) is 15.3. The fraction of sp³-hybridized carbons (Fsp3) is 1.00. The molecule has 1 rings (SSSR count). The molecule has 0 saturated carbocycles. The van der Waals surface area contributed by atoms with Crippen LogP contribution in [-0.2, 0) is 0 Å². The Morgan fingerprint density at radius 1 is 1.06 bits per heavy atom. The van der Waals surface area contributed by atoms with Gasteiger partial charge in [-0.25, -0.2) is 0 Å². The monoisotopic (exact) mass is 258 g/mol. The van der Waals surface area contributed by atoms with Crippen molar-refractivity contribution in [1.82, 2.24) is 4.90 Å². The SMILES string of the molecule is CCCCN(CCCC)C1(CN)CCSCC1. The largest absolute Gasteiger partial charge is 0.329 e. The number of nitrogens with two attached hydrogens (primary N) is 1. The van der Waals surface area contributed by atoms with E-state index in [-0.39, 0.29) is 0 Å². The fourth-order valence-electron chi connectivity index (χ4n) is 2.68. The molecule has 1 aliphatic rings. The number of hydrogen-bond donors (Lipinski definition) is 1. The minimum absolute atomic E-state index is 0.329. The van der Waals surface area contributed by atoms with E-state index in [1.54, 1.807) is 0 Å². The summed E-state index contributed by atoms with van der Waals surface area (Å²) in [5.41, 5.74) is 6.46. The molecule has 0 aromatic rings. The Kier molecular flexibility index (Phi) is 7.56. The number of hydrogen-bond acceptors (Lipinski definition) is 3. The summed E-state index contributed by atoms with van der Waals surface area (Å²) in [6.07, 6.45) is 7.80. The standard InChI is InChI=1S/C14H30N2S/c1-3-5-9-16(10-6-4-2)14(13-15)7-11-17-12-8-14/h3-13,15H2,1-2H3. The molecule has 1 saturated heterocycles. The van der Waals surface area contributed by atoms with Gasteiger partial charge in [-0.15, -0.1) is 0 Å². The van der Waals surface area contributed by atoms with Gasteiger partial charge in [0.2, 0.25) is 0 Å². The molecule has 3 heteroatoms. The summed E-state index contributed by atoms with van der Waals surface area (Å²) >= 11 is 2.10. The highest BCUT2D eigenvalue weighted by atomic mass is 32.2. The molecule has 1 fully saturated rings. The second-order valence-corrected chi connectivity index (χ2v) is 6.46. The zero-order chi connectivity index (χ0) is 12.6. The summed E-state index contributed by atoms with van der Waals surface area (Å²) in [7, 11) is 0. The predicted octanol–water partition coefficient (Wildman–Crippen LogP) is 3.11. The summed E-state index contributed by atoms with van der Waals surface area (Å²) in [5, 5.41) is 0. The van der Waals surface area contributed by atoms with Gasteiger partial charge in [0.1, 0.15) is 0 Å². The van der Waals surface area contributed by atoms with Crippen molar-refractivity contribution in [3.63, 3.8) is 0 Å². The highest BCUT2D eigenvalue weighted by Gasteiger charge is 2.36. The first-order valence-electron chi connectivity index (χ1n) is 7.32. The normalized spacial score (nSPS) is 19.8. The van der Waals surface area contributed by atoms with E-state index in [1.165, 1.54) is 63.1 Å². The molecule has 102 valence electrons. The number of thioether (sulfide) groups is 1. The number of unbranched alkanes of at least 4 members (excludes halogenated alkanes) is 2. The first-order valence-corrected chi connectivity index (χ1v) is 8.47.